The van der Waals surface area contributed by atoms with Crippen LogP contribution in [0.25, 0.3) is 0 Å². The Morgan fingerprint density at radius 3 is 2.19 bits per heavy atom. The third kappa shape index (κ3) is 3.96. The van der Waals surface area contributed by atoms with E-state index in [9.17, 15) is 0 Å². The first-order chi connectivity index (χ1) is 10.0. The molecule has 0 bridgehead atoms. The summed E-state index contributed by atoms with van der Waals surface area (Å²) < 4.78 is 1.12. The summed E-state index contributed by atoms with van der Waals surface area (Å²) in [4.78, 5) is 0. The molecule has 0 heterocycles. The first-order valence-electron chi connectivity index (χ1n) is 7.59. The van der Waals surface area contributed by atoms with E-state index in [1.807, 2.05) is 0 Å². The van der Waals surface area contributed by atoms with E-state index in [0.717, 1.165) is 17.4 Å². The second kappa shape index (κ2) is 7.24. The number of rotatable bonds is 5. The van der Waals surface area contributed by atoms with Gasteiger partial charge < -0.3 is 5.32 Å². The summed E-state index contributed by atoms with van der Waals surface area (Å²) in [5.74, 6) is 0. The van der Waals surface area contributed by atoms with E-state index in [1.54, 1.807) is 0 Å². The summed E-state index contributed by atoms with van der Waals surface area (Å²) in [7, 11) is 0. The lowest BCUT2D eigenvalue weighted by molar-refractivity contribution is 0.596. The molecule has 0 aliphatic rings. The van der Waals surface area contributed by atoms with Gasteiger partial charge in [-0.1, -0.05) is 47.1 Å². The molecule has 0 spiro atoms. The Kier molecular flexibility index (Phi) is 5.60. The van der Waals surface area contributed by atoms with Gasteiger partial charge in [-0.3, -0.25) is 0 Å². The van der Waals surface area contributed by atoms with Crippen molar-refractivity contribution in [3.8, 4) is 0 Å². The van der Waals surface area contributed by atoms with Crippen LogP contribution in [0.4, 0.5) is 0 Å². The number of hydrogen-bond donors (Lipinski definition) is 1. The monoisotopic (exact) mass is 345 g/mol. The van der Waals surface area contributed by atoms with Gasteiger partial charge in [-0.25, -0.2) is 0 Å². The molecule has 1 nitrogen and oxygen atoms in total. The van der Waals surface area contributed by atoms with E-state index < -0.39 is 0 Å². The van der Waals surface area contributed by atoms with Gasteiger partial charge in [-0.2, -0.15) is 0 Å². The third-order valence-electron chi connectivity index (χ3n) is 4.00. The number of benzene rings is 2. The fraction of sp³-hybridized carbons (Fsp3) is 0.368. The lowest BCUT2D eigenvalue weighted by Gasteiger charge is -2.23. The van der Waals surface area contributed by atoms with Crippen LogP contribution in [0.5, 0.6) is 0 Å². The van der Waals surface area contributed by atoms with Crippen molar-refractivity contribution in [3.63, 3.8) is 0 Å². The van der Waals surface area contributed by atoms with Gasteiger partial charge in [0.1, 0.15) is 0 Å². The number of halogens is 1. The standard InChI is InChI=1S/C19H24BrN/c1-5-10-21-19(16-6-8-17(20)9-7-16)18-12-14(3)13(2)11-15(18)4/h6-9,11-12,19,21H,5,10H2,1-4H3. The van der Waals surface area contributed by atoms with Crippen LogP contribution in [-0.2, 0) is 0 Å². The fourth-order valence-electron chi connectivity index (χ4n) is 2.65. The normalized spacial score (nSPS) is 12.4. The maximum Gasteiger partial charge on any atom is 0.0579 e. The molecular weight excluding hydrogens is 322 g/mol. The third-order valence-corrected chi connectivity index (χ3v) is 4.52. The van der Waals surface area contributed by atoms with Gasteiger partial charge in [0.15, 0.2) is 0 Å². The van der Waals surface area contributed by atoms with Gasteiger partial charge in [-0.05, 0) is 73.7 Å². The van der Waals surface area contributed by atoms with Gasteiger partial charge in [0.05, 0.1) is 6.04 Å². The lowest BCUT2D eigenvalue weighted by atomic mass is 9.91. The van der Waals surface area contributed by atoms with Crippen LogP contribution in [0.15, 0.2) is 40.9 Å². The Hall–Kier alpha value is -1.12. The zero-order valence-electron chi connectivity index (χ0n) is 13.3. The highest BCUT2D eigenvalue weighted by Gasteiger charge is 2.16. The zero-order chi connectivity index (χ0) is 15.4. The van der Waals surface area contributed by atoms with Crippen LogP contribution in [0.3, 0.4) is 0 Å². The molecule has 2 aromatic rings. The summed E-state index contributed by atoms with van der Waals surface area (Å²) in [6.07, 6.45) is 1.14. The predicted molar refractivity (Wildman–Crippen MR) is 94.9 cm³/mol. The summed E-state index contributed by atoms with van der Waals surface area (Å²) in [6.45, 7) is 9.81. The van der Waals surface area contributed by atoms with Gasteiger partial charge >= 0.3 is 0 Å². The molecule has 2 aromatic carbocycles. The predicted octanol–water partition coefficient (Wildman–Crippen LogP) is 5.46. The molecule has 0 fully saturated rings. The van der Waals surface area contributed by atoms with E-state index in [1.165, 1.54) is 27.8 Å². The molecular formula is C19H24BrN. The van der Waals surface area contributed by atoms with Crippen molar-refractivity contribution < 1.29 is 0 Å². The van der Waals surface area contributed by atoms with Crippen molar-refractivity contribution in [1.29, 1.82) is 0 Å². The minimum atomic E-state index is 0.261. The van der Waals surface area contributed by atoms with Crippen LogP contribution in [0.2, 0.25) is 0 Å². The summed E-state index contributed by atoms with van der Waals surface area (Å²) >= 11 is 3.52. The maximum absolute atomic E-state index is 3.69. The second-order valence-corrected chi connectivity index (χ2v) is 6.65. The van der Waals surface area contributed by atoms with Crippen LogP contribution in [-0.4, -0.2) is 6.54 Å². The minimum absolute atomic E-state index is 0.261. The van der Waals surface area contributed by atoms with E-state index in [-0.39, 0.29) is 6.04 Å². The van der Waals surface area contributed by atoms with Crippen molar-refractivity contribution in [1.82, 2.24) is 5.32 Å². The molecule has 0 amide bonds. The van der Waals surface area contributed by atoms with Gasteiger partial charge in [-0.15, -0.1) is 0 Å². The molecule has 1 N–H and O–H groups in total. The smallest absolute Gasteiger partial charge is 0.0579 e. The molecule has 2 heteroatoms. The highest BCUT2D eigenvalue weighted by molar-refractivity contribution is 9.10. The van der Waals surface area contributed by atoms with Crippen LogP contribution >= 0.6 is 15.9 Å². The first kappa shape index (κ1) is 16.3. The topological polar surface area (TPSA) is 12.0 Å². The first-order valence-corrected chi connectivity index (χ1v) is 8.38. The molecule has 0 saturated carbocycles. The van der Waals surface area contributed by atoms with Crippen LogP contribution in [0.1, 0.15) is 47.2 Å². The Labute approximate surface area is 136 Å². The maximum atomic E-state index is 3.69. The van der Waals surface area contributed by atoms with Crippen molar-refractivity contribution in [2.75, 3.05) is 6.54 Å². The molecule has 1 unspecified atom stereocenters. The van der Waals surface area contributed by atoms with Gasteiger partial charge in [0, 0.05) is 4.47 Å². The SMILES string of the molecule is CCCNC(c1ccc(Br)cc1)c1cc(C)c(C)cc1C. The average molecular weight is 346 g/mol. The number of nitrogens with one attached hydrogen (secondary N) is 1. The lowest BCUT2D eigenvalue weighted by Crippen LogP contribution is -2.24. The van der Waals surface area contributed by atoms with Crippen LogP contribution in [0, 0.1) is 20.8 Å². The molecule has 0 saturated heterocycles. The Morgan fingerprint density at radius 1 is 0.952 bits per heavy atom. The van der Waals surface area contributed by atoms with E-state index in [0.29, 0.717) is 0 Å². The summed E-state index contributed by atoms with van der Waals surface area (Å²) in [6, 6.07) is 13.5. The summed E-state index contributed by atoms with van der Waals surface area (Å²) in [5, 5.41) is 3.69. The molecule has 0 aliphatic heterocycles. The zero-order valence-corrected chi connectivity index (χ0v) is 14.9. The van der Waals surface area contributed by atoms with Crippen molar-refractivity contribution >= 4 is 15.9 Å². The molecule has 0 aromatic heterocycles. The molecule has 0 aliphatic carbocycles. The van der Waals surface area contributed by atoms with Crippen molar-refractivity contribution in [3.05, 3.63) is 68.7 Å². The van der Waals surface area contributed by atoms with Crippen LogP contribution < -0.4 is 5.32 Å². The fourth-order valence-corrected chi connectivity index (χ4v) is 2.91. The van der Waals surface area contributed by atoms with E-state index in [4.69, 9.17) is 0 Å². The highest BCUT2D eigenvalue weighted by Crippen LogP contribution is 2.28. The van der Waals surface area contributed by atoms with E-state index >= 15 is 0 Å². The largest absolute Gasteiger partial charge is 0.306 e. The molecule has 112 valence electrons. The Morgan fingerprint density at radius 2 is 1.57 bits per heavy atom. The average Bonchev–Trinajstić information content (AvgIpc) is 2.46. The minimum Gasteiger partial charge on any atom is -0.306 e. The van der Waals surface area contributed by atoms with Gasteiger partial charge in [0.25, 0.3) is 0 Å². The Bertz CT molecular complexity index is 602. The highest BCUT2D eigenvalue weighted by atomic mass is 79.9. The number of hydrogen-bond acceptors (Lipinski definition) is 1. The van der Waals surface area contributed by atoms with E-state index in [2.05, 4.69) is 85.3 Å². The number of aryl methyl sites for hydroxylation is 3. The quantitative estimate of drug-likeness (QED) is 0.758. The molecule has 21 heavy (non-hydrogen) atoms. The van der Waals surface area contributed by atoms with Crippen molar-refractivity contribution in [2.24, 2.45) is 0 Å². The molecule has 0 radical (unpaired) electrons. The van der Waals surface area contributed by atoms with Gasteiger partial charge in [0.2, 0.25) is 0 Å². The summed E-state index contributed by atoms with van der Waals surface area (Å²) in [5.41, 5.74) is 6.78. The second-order valence-electron chi connectivity index (χ2n) is 5.73. The Balaban J connectivity index is 2.45. The molecule has 2 rings (SSSR count). The molecule has 1 atom stereocenters. The van der Waals surface area contributed by atoms with Crippen molar-refractivity contribution in [2.45, 2.75) is 40.2 Å².